The van der Waals surface area contributed by atoms with Gasteiger partial charge in [0.1, 0.15) is 6.04 Å². The van der Waals surface area contributed by atoms with E-state index >= 15 is 0 Å². The van der Waals surface area contributed by atoms with Crippen LogP contribution in [0.2, 0.25) is 0 Å². The van der Waals surface area contributed by atoms with Gasteiger partial charge in [0.2, 0.25) is 0 Å². The summed E-state index contributed by atoms with van der Waals surface area (Å²) in [6.45, 7) is 6.19. The number of nitrogens with one attached hydrogen (secondary N) is 1. The van der Waals surface area contributed by atoms with Gasteiger partial charge in [0.15, 0.2) is 0 Å². The second kappa shape index (κ2) is 5.99. The van der Waals surface area contributed by atoms with Gasteiger partial charge < -0.3 is 10.2 Å². The summed E-state index contributed by atoms with van der Waals surface area (Å²) >= 11 is 0. The smallest absolute Gasteiger partial charge is 0.108 e. The molecule has 0 rings (SSSR count). The van der Waals surface area contributed by atoms with Crippen LogP contribution in [0.25, 0.3) is 0 Å². The van der Waals surface area contributed by atoms with Crippen LogP contribution < -0.4 is 5.32 Å². The van der Waals surface area contributed by atoms with Crippen molar-refractivity contribution in [3.63, 3.8) is 0 Å². The molecule has 0 fully saturated rings. The maximum atomic E-state index is 8.67. The Bertz CT molecular complexity index is 148. The summed E-state index contributed by atoms with van der Waals surface area (Å²) in [5.41, 5.74) is 0. The minimum atomic E-state index is -0.0475. The van der Waals surface area contributed by atoms with Crippen LogP contribution in [-0.4, -0.2) is 38.1 Å². The van der Waals surface area contributed by atoms with E-state index in [4.69, 9.17) is 5.26 Å². The highest BCUT2D eigenvalue weighted by molar-refractivity contribution is 4.90. The fourth-order valence-electron chi connectivity index (χ4n) is 1.21. The van der Waals surface area contributed by atoms with Crippen molar-refractivity contribution in [1.29, 1.82) is 5.26 Å². The molecule has 3 heteroatoms. The SMILES string of the molecule is CNC(C#N)CN(C)CC(C)C. The van der Waals surface area contributed by atoms with Crippen LogP contribution in [0.5, 0.6) is 0 Å². The highest BCUT2D eigenvalue weighted by atomic mass is 15.1. The Kier molecular flexibility index (Phi) is 5.69. The second-order valence-corrected chi connectivity index (χ2v) is 3.59. The fraction of sp³-hybridized carbons (Fsp3) is 0.889. The van der Waals surface area contributed by atoms with Crippen molar-refractivity contribution >= 4 is 0 Å². The van der Waals surface area contributed by atoms with E-state index in [1.807, 2.05) is 14.1 Å². The number of rotatable bonds is 5. The van der Waals surface area contributed by atoms with Crippen molar-refractivity contribution in [2.24, 2.45) is 5.92 Å². The molecule has 0 spiro atoms. The molecule has 0 aromatic carbocycles. The van der Waals surface area contributed by atoms with Crippen LogP contribution in [0.4, 0.5) is 0 Å². The van der Waals surface area contributed by atoms with Gasteiger partial charge in [0.05, 0.1) is 6.07 Å². The summed E-state index contributed by atoms with van der Waals surface area (Å²) in [5.74, 6) is 0.659. The monoisotopic (exact) mass is 169 g/mol. The van der Waals surface area contributed by atoms with Crippen molar-refractivity contribution in [1.82, 2.24) is 10.2 Å². The van der Waals surface area contributed by atoms with Crippen molar-refractivity contribution in [3.8, 4) is 6.07 Å². The van der Waals surface area contributed by atoms with Crippen LogP contribution in [0.15, 0.2) is 0 Å². The first-order valence-corrected chi connectivity index (χ1v) is 4.35. The molecule has 1 N–H and O–H groups in total. The zero-order valence-corrected chi connectivity index (χ0v) is 8.46. The lowest BCUT2D eigenvalue weighted by Crippen LogP contribution is -2.37. The molecule has 0 aromatic heterocycles. The summed E-state index contributed by atoms with van der Waals surface area (Å²) in [6.07, 6.45) is 0. The second-order valence-electron chi connectivity index (χ2n) is 3.59. The maximum absolute atomic E-state index is 8.67. The van der Waals surface area contributed by atoms with Gasteiger partial charge in [0.25, 0.3) is 0 Å². The number of nitriles is 1. The zero-order valence-electron chi connectivity index (χ0n) is 8.46. The topological polar surface area (TPSA) is 39.1 Å². The van der Waals surface area contributed by atoms with Gasteiger partial charge in [-0.2, -0.15) is 5.26 Å². The van der Waals surface area contributed by atoms with Crippen LogP contribution in [-0.2, 0) is 0 Å². The predicted molar refractivity (Wildman–Crippen MR) is 50.8 cm³/mol. The quantitative estimate of drug-likeness (QED) is 0.658. The van der Waals surface area contributed by atoms with Crippen molar-refractivity contribution in [2.75, 3.05) is 27.2 Å². The number of nitrogens with zero attached hydrogens (tertiary/aromatic N) is 2. The lowest BCUT2D eigenvalue weighted by molar-refractivity contribution is 0.282. The highest BCUT2D eigenvalue weighted by Crippen LogP contribution is 1.96. The molecular formula is C9H19N3. The molecule has 1 atom stereocenters. The standard InChI is InChI=1S/C9H19N3/c1-8(2)6-12(4)7-9(5-10)11-3/h8-9,11H,6-7H2,1-4H3. The highest BCUT2D eigenvalue weighted by Gasteiger charge is 2.08. The van der Waals surface area contributed by atoms with Crippen LogP contribution in [0.1, 0.15) is 13.8 Å². The third-order valence-electron chi connectivity index (χ3n) is 1.68. The van der Waals surface area contributed by atoms with E-state index in [2.05, 4.69) is 30.1 Å². The molecule has 12 heavy (non-hydrogen) atoms. The average molecular weight is 169 g/mol. The normalized spacial score (nSPS) is 13.4. The first kappa shape index (κ1) is 11.4. The van der Waals surface area contributed by atoms with E-state index in [0.29, 0.717) is 5.92 Å². The molecule has 0 heterocycles. The minimum Gasteiger partial charge on any atom is -0.304 e. The first-order chi connectivity index (χ1) is 5.60. The number of hydrogen-bond donors (Lipinski definition) is 1. The van der Waals surface area contributed by atoms with Crippen molar-refractivity contribution < 1.29 is 0 Å². The van der Waals surface area contributed by atoms with Gasteiger partial charge in [-0.1, -0.05) is 13.8 Å². The Labute approximate surface area is 75.4 Å². The lowest BCUT2D eigenvalue weighted by atomic mass is 10.2. The first-order valence-electron chi connectivity index (χ1n) is 4.35. The molecule has 0 aliphatic rings. The third kappa shape index (κ3) is 5.11. The maximum Gasteiger partial charge on any atom is 0.108 e. The van der Waals surface area contributed by atoms with E-state index in [1.54, 1.807) is 0 Å². The largest absolute Gasteiger partial charge is 0.304 e. The fourth-order valence-corrected chi connectivity index (χ4v) is 1.21. The molecule has 0 aliphatic carbocycles. The molecule has 0 saturated heterocycles. The summed E-state index contributed by atoms with van der Waals surface area (Å²) < 4.78 is 0. The van der Waals surface area contributed by atoms with Gasteiger partial charge in [-0.3, -0.25) is 0 Å². The van der Waals surface area contributed by atoms with E-state index in [1.165, 1.54) is 0 Å². The Morgan fingerprint density at radius 3 is 2.33 bits per heavy atom. The average Bonchev–Trinajstić information content (AvgIpc) is 1.98. The Morgan fingerprint density at radius 2 is 2.00 bits per heavy atom. The molecule has 1 unspecified atom stereocenters. The molecule has 0 aliphatic heterocycles. The molecule has 0 saturated carbocycles. The summed E-state index contributed by atoms with van der Waals surface area (Å²) in [5, 5.41) is 11.6. The van der Waals surface area contributed by atoms with Crippen LogP contribution >= 0.6 is 0 Å². The third-order valence-corrected chi connectivity index (χ3v) is 1.68. The van der Waals surface area contributed by atoms with E-state index in [9.17, 15) is 0 Å². The minimum absolute atomic E-state index is 0.0475. The van der Waals surface area contributed by atoms with Crippen molar-refractivity contribution in [2.45, 2.75) is 19.9 Å². The molecule has 0 amide bonds. The van der Waals surface area contributed by atoms with Crippen LogP contribution in [0.3, 0.4) is 0 Å². The molecular weight excluding hydrogens is 150 g/mol. The van der Waals surface area contributed by atoms with E-state index in [-0.39, 0.29) is 6.04 Å². The molecule has 0 radical (unpaired) electrons. The zero-order chi connectivity index (χ0) is 9.56. The Morgan fingerprint density at radius 1 is 1.42 bits per heavy atom. The van der Waals surface area contributed by atoms with Crippen LogP contribution in [0, 0.1) is 17.2 Å². The predicted octanol–water partition coefficient (Wildman–Crippen LogP) is 0.686. The van der Waals surface area contributed by atoms with Gasteiger partial charge in [-0.25, -0.2) is 0 Å². The summed E-state index contributed by atoms with van der Waals surface area (Å²) in [7, 11) is 3.86. The van der Waals surface area contributed by atoms with Gasteiger partial charge in [-0.15, -0.1) is 0 Å². The van der Waals surface area contributed by atoms with Gasteiger partial charge in [0, 0.05) is 13.1 Å². The Hall–Kier alpha value is -0.590. The van der Waals surface area contributed by atoms with E-state index < -0.39 is 0 Å². The molecule has 0 bridgehead atoms. The van der Waals surface area contributed by atoms with E-state index in [0.717, 1.165) is 13.1 Å². The van der Waals surface area contributed by atoms with Gasteiger partial charge >= 0.3 is 0 Å². The summed E-state index contributed by atoms with van der Waals surface area (Å²) in [4.78, 5) is 2.18. The summed E-state index contributed by atoms with van der Waals surface area (Å²) in [6, 6.07) is 2.16. The lowest BCUT2D eigenvalue weighted by Gasteiger charge is -2.21. The number of hydrogen-bond acceptors (Lipinski definition) is 3. The molecule has 3 nitrogen and oxygen atoms in total. The molecule has 0 aromatic rings. The number of likely N-dealkylation sites (N-methyl/N-ethyl adjacent to an activating group) is 2. The Balaban J connectivity index is 3.68. The van der Waals surface area contributed by atoms with Crippen molar-refractivity contribution in [3.05, 3.63) is 0 Å². The molecule has 70 valence electrons. The van der Waals surface area contributed by atoms with Gasteiger partial charge in [-0.05, 0) is 20.0 Å².